The summed E-state index contributed by atoms with van der Waals surface area (Å²) in [5.74, 6) is 0. The Bertz CT molecular complexity index is 647. The maximum absolute atomic E-state index is 4.22. The fourth-order valence-corrected chi connectivity index (χ4v) is 3.39. The van der Waals surface area contributed by atoms with Crippen molar-refractivity contribution >= 4 is 34.9 Å². The molecule has 0 atom stereocenters. The largest absolute Gasteiger partial charge is 0.238 e. The van der Waals surface area contributed by atoms with Crippen LogP contribution in [0.25, 0.3) is 5.69 Å². The number of rotatable bonds is 4. The van der Waals surface area contributed by atoms with Crippen molar-refractivity contribution in [2.75, 3.05) is 6.26 Å². The lowest BCUT2D eigenvalue weighted by atomic mass is 10.3. The maximum Gasteiger partial charge on any atom is 0.221 e. The molecular formula is C11H9N5S3. The number of tetrazole rings is 1. The second-order valence-electron chi connectivity index (χ2n) is 3.47. The average Bonchev–Trinajstić information content (AvgIpc) is 3.11. The van der Waals surface area contributed by atoms with Crippen molar-refractivity contribution < 1.29 is 0 Å². The topological polar surface area (TPSA) is 56.5 Å². The third-order valence-corrected chi connectivity index (χ3v) is 4.91. The fraction of sp³-hybridized carbons (Fsp3) is 0.0909. The molecule has 0 saturated heterocycles. The molecule has 0 aliphatic carbocycles. The standard InChI is InChI=1S/C11H9N5S3/c1-17-9-4-2-8(3-5-9)16-10(13-14-15-16)19-11-12-6-7-18-11/h2-7H,1H3. The number of aromatic nitrogens is 5. The zero-order valence-electron chi connectivity index (χ0n) is 9.92. The lowest BCUT2D eigenvalue weighted by Crippen LogP contribution is -1.98. The molecule has 8 heteroatoms. The molecule has 0 bridgehead atoms. The molecule has 96 valence electrons. The summed E-state index contributed by atoms with van der Waals surface area (Å²) in [5.41, 5.74) is 0.946. The van der Waals surface area contributed by atoms with Gasteiger partial charge in [-0.15, -0.1) is 28.2 Å². The van der Waals surface area contributed by atoms with Gasteiger partial charge >= 0.3 is 0 Å². The van der Waals surface area contributed by atoms with Gasteiger partial charge in [0.2, 0.25) is 5.16 Å². The minimum absolute atomic E-state index is 0.715. The Labute approximate surface area is 122 Å². The van der Waals surface area contributed by atoms with Crippen LogP contribution in [0.15, 0.2) is 50.2 Å². The minimum Gasteiger partial charge on any atom is -0.238 e. The summed E-state index contributed by atoms with van der Waals surface area (Å²) in [4.78, 5) is 5.44. The van der Waals surface area contributed by atoms with E-state index in [2.05, 4.69) is 38.9 Å². The summed E-state index contributed by atoms with van der Waals surface area (Å²) >= 11 is 4.74. The molecule has 0 fully saturated rings. The van der Waals surface area contributed by atoms with Crippen LogP contribution in [0.3, 0.4) is 0 Å². The van der Waals surface area contributed by atoms with Crippen LogP contribution in [-0.2, 0) is 0 Å². The third-order valence-electron chi connectivity index (χ3n) is 2.35. The zero-order chi connectivity index (χ0) is 13.1. The van der Waals surface area contributed by atoms with Gasteiger partial charge in [0, 0.05) is 16.5 Å². The molecule has 0 aliphatic heterocycles. The summed E-state index contributed by atoms with van der Waals surface area (Å²) in [6, 6.07) is 8.13. The van der Waals surface area contributed by atoms with Gasteiger partial charge in [-0.3, -0.25) is 0 Å². The Morgan fingerprint density at radius 3 is 2.74 bits per heavy atom. The van der Waals surface area contributed by atoms with Crippen molar-refractivity contribution in [3.63, 3.8) is 0 Å². The Morgan fingerprint density at radius 2 is 2.05 bits per heavy atom. The van der Waals surface area contributed by atoms with Crippen LogP contribution >= 0.6 is 34.9 Å². The van der Waals surface area contributed by atoms with Crippen molar-refractivity contribution in [3.8, 4) is 5.69 Å². The lowest BCUT2D eigenvalue weighted by Gasteiger charge is -2.03. The van der Waals surface area contributed by atoms with E-state index in [0.29, 0.717) is 5.16 Å². The highest BCUT2D eigenvalue weighted by Crippen LogP contribution is 2.28. The van der Waals surface area contributed by atoms with E-state index in [9.17, 15) is 0 Å². The minimum atomic E-state index is 0.715. The van der Waals surface area contributed by atoms with Gasteiger partial charge in [0.05, 0.1) is 5.69 Å². The highest BCUT2D eigenvalue weighted by atomic mass is 32.2. The first-order chi connectivity index (χ1) is 9.36. The Hall–Kier alpha value is -1.38. The molecule has 0 N–H and O–H groups in total. The quantitative estimate of drug-likeness (QED) is 0.691. The molecule has 5 nitrogen and oxygen atoms in total. The predicted octanol–water partition coefficient (Wildman–Crippen LogP) is 2.99. The van der Waals surface area contributed by atoms with E-state index in [1.54, 1.807) is 34.0 Å². The van der Waals surface area contributed by atoms with Crippen molar-refractivity contribution in [3.05, 3.63) is 35.8 Å². The number of thioether (sulfide) groups is 1. The third kappa shape index (κ3) is 2.80. The summed E-state index contributed by atoms with van der Waals surface area (Å²) in [7, 11) is 0. The molecule has 0 aliphatic rings. The van der Waals surface area contributed by atoms with Gasteiger partial charge in [0.1, 0.15) is 0 Å². The zero-order valence-corrected chi connectivity index (χ0v) is 12.4. The van der Waals surface area contributed by atoms with Crippen molar-refractivity contribution in [2.24, 2.45) is 0 Å². The van der Waals surface area contributed by atoms with Gasteiger partial charge in [0.25, 0.3) is 0 Å². The summed E-state index contributed by atoms with van der Waals surface area (Å²) < 4.78 is 2.65. The molecule has 19 heavy (non-hydrogen) atoms. The van der Waals surface area contributed by atoms with E-state index in [1.165, 1.54) is 16.7 Å². The van der Waals surface area contributed by atoms with E-state index in [4.69, 9.17) is 0 Å². The van der Waals surface area contributed by atoms with E-state index in [1.807, 2.05) is 17.5 Å². The molecule has 2 heterocycles. The van der Waals surface area contributed by atoms with Crippen LogP contribution in [0.2, 0.25) is 0 Å². The lowest BCUT2D eigenvalue weighted by molar-refractivity contribution is 0.755. The van der Waals surface area contributed by atoms with Crippen molar-refractivity contribution in [1.82, 2.24) is 25.2 Å². The van der Waals surface area contributed by atoms with Crippen LogP contribution in [-0.4, -0.2) is 31.4 Å². The smallest absolute Gasteiger partial charge is 0.221 e. The Morgan fingerprint density at radius 1 is 1.21 bits per heavy atom. The Kier molecular flexibility index (Phi) is 3.81. The second kappa shape index (κ2) is 5.72. The van der Waals surface area contributed by atoms with Crippen LogP contribution in [0.4, 0.5) is 0 Å². The first-order valence-electron chi connectivity index (χ1n) is 5.37. The monoisotopic (exact) mass is 307 g/mol. The number of hydrogen-bond acceptors (Lipinski definition) is 7. The molecular weight excluding hydrogens is 298 g/mol. The summed E-state index contributed by atoms with van der Waals surface area (Å²) in [6.45, 7) is 0. The van der Waals surface area contributed by atoms with Gasteiger partial charge in [-0.05, 0) is 52.7 Å². The van der Waals surface area contributed by atoms with Gasteiger partial charge in [0.15, 0.2) is 4.34 Å². The highest BCUT2D eigenvalue weighted by Gasteiger charge is 2.11. The van der Waals surface area contributed by atoms with Crippen molar-refractivity contribution in [2.45, 2.75) is 14.4 Å². The SMILES string of the molecule is CSc1ccc(-n2nnnc2Sc2nccs2)cc1. The molecule has 2 aromatic heterocycles. The predicted molar refractivity (Wildman–Crippen MR) is 77.2 cm³/mol. The molecule has 3 rings (SSSR count). The normalized spacial score (nSPS) is 10.8. The second-order valence-corrected chi connectivity index (χ2v) is 6.46. The van der Waals surface area contributed by atoms with E-state index >= 15 is 0 Å². The molecule has 0 radical (unpaired) electrons. The molecule has 3 aromatic rings. The maximum atomic E-state index is 4.22. The molecule has 0 saturated carbocycles. The van der Waals surface area contributed by atoms with Crippen LogP contribution < -0.4 is 0 Å². The summed E-state index contributed by atoms with van der Waals surface area (Å²) in [5, 5.41) is 14.4. The van der Waals surface area contributed by atoms with Crippen molar-refractivity contribution in [1.29, 1.82) is 0 Å². The molecule has 0 amide bonds. The van der Waals surface area contributed by atoms with Gasteiger partial charge < -0.3 is 0 Å². The van der Waals surface area contributed by atoms with Gasteiger partial charge in [-0.2, -0.15) is 4.68 Å². The number of nitrogens with zero attached hydrogens (tertiary/aromatic N) is 5. The Balaban J connectivity index is 1.90. The van der Waals surface area contributed by atoms with Crippen LogP contribution in [0.1, 0.15) is 0 Å². The van der Waals surface area contributed by atoms with Gasteiger partial charge in [-0.25, -0.2) is 4.98 Å². The molecule has 1 aromatic carbocycles. The summed E-state index contributed by atoms with van der Waals surface area (Å²) in [6.07, 6.45) is 3.82. The first kappa shape index (κ1) is 12.6. The number of hydrogen-bond donors (Lipinski definition) is 0. The average molecular weight is 307 g/mol. The van der Waals surface area contributed by atoms with E-state index < -0.39 is 0 Å². The van der Waals surface area contributed by atoms with Crippen LogP contribution in [0.5, 0.6) is 0 Å². The number of benzene rings is 1. The fourth-order valence-electron chi connectivity index (χ4n) is 1.47. The van der Waals surface area contributed by atoms with E-state index in [-0.39, 0.29) is 0 Å². The molecule has 0 spiro atoms. The highest BCUT2D eigenvalue weighted by molar-refractivity contribution is 8.00. The number of thiazole rings is 1. The van der Waals surface area contributed by atoms with Crippen LogP contribution in [0, 0.1) is 0 Å². The van der Waals surface area contributed by atoms with Gasteiger partial charge in [-0.1, -0.05) is 0 Å². The van der Waals surface area contributed by atoms with E-state index in [0.717, 1.165) is 10.0 Å². The molecule has 0 unspecified atom stereocenters. The first-order valence-corrected chi connectivity index (χ1v) is 8.29.